The van der Waals surface area contributed by atoms with Gasteiger partial charge in [-0.1, -0.05) is 20.8 Å². The number of carbonyl (C=O) groups is 1. The van der Waals surface area contributed by atoms with Crippen molar-refractivity contribution in [2.24, 2.45) is 46.3 Å². The Morgan fingerprint density at radius 3 is 2.50 bits per heavy atom. The predicted octanol–water partition coefficient (Wildman–Crippen LogP) is 2.89. The van der Waals surface area contributed by atoms with Crippen LogP contribution >= 0.6 is 0 Å². The number of aliphatic hydroxyl groups is 2. The van der Waals surface area contributed by atoms with E-state index in [0.717, 1.165) is 44.9 Å². The van der Waals surface area contributed by atoms with Crippen LogP contribution in [0, 0.1) is 46.3 Å². The largest absolute Gasteiger partial charge is 0.481 e. The number of carboxylic acids is 1. The average molecular weight is 421 g/mol. The van der Waals surface area contributed by atoms with Crippen LogP contribution in [0.3, 0.4) is 0 Å². The summed E-state index contributed by atoms with van der Waals surface area (Å²) in [6.07, 6.45) is 7.37. The monoisotopic (exact) mass is 420 g/mol. The normalized spacial score (nSPS) is 52.2. The summed E-state index contributed by atoms with van der Waals surface area (Å²) in [7, 11) is 0. The van der Waals surface area contributed by atoms with Crippen LogP contribution in [-0.4, -0.2) is 39.2 Å². The predicted molar refractivity (Wildman–Crippen MR) is 113 cm³/mol. The van der Waals surface area contributed by atoms with E-state index in [4.69, 9.17) is 5.11 Å². The molecule has 4 aliphatic carbocycles. The van der Waals surface area contributed by atoms with Gasteiger partial charge in [0, 0.05) is 6.42 Å². The van der Waals surface area contributed by atoms with E-state index in [0.29, 0.717) is 41.9 Å². The van der Waals surface area contributed by atoms with Crippen LogP contribution in [0.25, 0.3) is 0 Å². The first-order valence-corrected chi connectivity index (χ1v) is 12.2. The lowest BCUT2D eigenvalue weighted by Gasteiger charge is -2.64. The van der Waals surface area contributed by atoms with Gasteiger partial charge in [0.2, 0.25) is 0 Å². The van der Waals surface area contributed by atoms with Gasteiger partial charge in [-0.05, 0) is 97.7 Å². The summed E-state index contributed by atoms with van der Waals surface area (Å²) in [6.45, 7) is 6.94. The molecule has 6 nitrogen and oxygen atoms in total. The van der Waals surface area contributed by atoms with Crippen LogP contribution in [0.4, 0.5) is 0 Å². The molecule has 1 spiro atoms. The van der Waals surface area contributed by atoms with Gasteiger partial charge in [0.1, 0.15) is 0 Å². The molecule has 30 heavy (non-hydrogen) atoms. The van der Waals surface area contributed by atoms with E-state index >= 15 is 0 Å². The highest BCUT2D eigenvalue weighted by atomic mass is 16.4. The molecule has 1 heterocycles. The van der Waals surface area contributed by atoms with Crippen LogP contribution in [-0.2, 0) is 4.79 Å². The van der Waals surface area contributed by atoms with Crippen molar-refractivity contribution in [1.82, 2.24) is 10.9 Å². The van der Waals surface area contributed by atoms with Crippen LogP contribution in [0.15, 0.2) is 0 Å². The molecule has 1 saturated heterocycles. The highest BCUT2D eigenvalue weighted by Crippen LogP contribution is 2.70. The summed E-state index contributed by atoms with van der Waals surface area (Å²) >= 11 is 0. The van der Waals surface area contributed by atoms with E-state index in [1.165, 1.54) is 0 Å². The number of carboxylic acid groups (broad SMARTS) is 1. The zero-order valence-corrected chi connectivity index (χ0v) is 18.7. The lowest BCUT2D eigenvalue weighted by atomic mass is 9.42. The summed E-state index contributed by atoms with van der Waals surface area (Å²) < 4.78 is 0. The molecule has 0 aromatic rings. The molecule has 0 radical (unpaired) electrons. The molecule has 5 aliphatic rings. The first kappa shape index (κ1) is 21.2. The average Bonchev–Trinajstić information content (AvgIpc) is 3.35. The number of hydrogen-bond donors (Lipinski definition) is 5. The van der Waals surface area contributed by atoms with Crippen LogP contribution in [0.1, 0.15) is 78.6 Å². The maximum absolute atomic E-state index is 11.6. The molecule has 5 fully saturated rings. The van der Waals surface area contributed by atoms with Crippen molar-refractivity contribution >= 4 is 5.97 Å². The molecule has 170 valence electrons. The van der Waals surface area contributed by atoms with Gasteiger partial charge in [-0.2, -0.15) is 0 Å². The van der Waals surface area contributed by atoms with Crippen LogP contribution in [0.2, 0.25) is 0 Å². The molecule has 0 aromatic heterocycles. The number of aliphatic carboxylic acids is 1. The third kappa shape index (κ3) is 2.86. The summed E-state index contributed by atoms with van der Waals surface area (Å²) in [5.74, 6) is 1.89. The first-order valence-electron chi connectivity index (χ1n) is 12.2. The van der Waals surface area contributed by atoms with Gasteiger partial charge in [-0.3, -0.25) is 4.79 Å². The minimum atomic E-state index is -0.720. The molecule has 6 heteroatoms. The fourth-order valence-corrected chi connectivity index (χ4v) is 9.13. The van der Waals surface area contributed by atoms with E-state index in [1.54, 1.807) is 0 Å². The Balaban J connectivity index is 1.46. The zero-order chi connectivity index (χ0) is 21.5. The Bertz CT molecular complexity index is 711. The highest BCUT2D eigenvalue weighted by Gasteiger charge is 2.72. The third-order valence-corrected chi connectivity index (χ3v) is 10.9. The van der Waals surface area contributed by atoms with Gasteiger partial charge in [-0.25, -0.2) is 10.9 Å². The van der Waals surface area contributed by atoms with Gasteiger partial charge < -0.3 is 15.3 Å². The zero-order valence-electron chi connectivity index (χ0n) is 18.7. The quantitative estimate of drug-likeness (QED) is 0.446. The second-order valence-electron chi connectivity index (χ2n) is 12.0. The van der Waals surface area contributed by atoms with Crippen LogP contribution < -0.4 is 10.9 Å². The Morgan fingerprint density at radius 1 is 1.10 bits per heavy atom. The minimum Gasteiger partial charge on any atom is -0.481 e. The van der Waals surface area contributed by atoms with E-state index < -0.39 is 5.97 Å². The fraction of sp³-hybridized carbons (Fsp3) is 0.958. The molecule has 0 aromatic carbocycles. The van der Waals surface area contributed by atoms with Crippen molar-refractivity contribution in [1.29, 1.82) is 0 Å². The third-order valence-electron chi connectivity index (χ3n) is 10.9. The standard InChI is InChI=1S/C24H40N2O4/c1-13(4-7-20(29)30)16-5-6-17-21-18(11-19(28)23(16,17)3)22(2)9-8-15(27)10-14(22)12-24(21)25-26-24/h13-19,21,25-28H,4-12H2,1-3H3,(H,29,30). The van der Waals surface area contributed by atoms with Gasteiger partial charge in [-0.15, -0.1) is 0 Å². The Labute approximate surface area is 180 Å². The number of nitrogens with one attached hydrogen (secondary N) is 2. The summed E-state index contributed by atoms with van der Waals surface area (Å²) in [6, 6.07) is 0. The van der Waals surface area contributed by atoms with E-state index in [-0.39, 0.29) is 35.1 Å². The Hall–Kier alpha value is -0.690. The fourth-order valence-electron chi connectivity index (χ4n) is 9.13. The molecule has 5 N–H and O–H groups in total. The summed E-state index contributed by atoms with van der Waals surface area (Å²) in [5.41, 5.74) is 7.12. The van der Waals surface area contributed by atoms with Gasteiger partial charge >= 0.3 is 5.97 Å². The molecule has 0 amide bonds. The molecular formula is C24H40N2O4. The van der Waals surface area contributed by atoms with E-state index in [9.17, 15) is 15.0 Å². The topological polar surface area (TPSA) is 122 Å². The van der Waals surface area contributed by atoms with Crippen molar-refractivity contribution in [2.45, 2.75) is 96.4 Å². The smallest absolute Gasteiger partial charge is 0.303 e. The SMILES string of the molecule is CC(CCC(=O)O)C1CCC2C3C(CC(O)C12C)C1(C)CCC(O)CC1CC31NN1. The molecule has 5 rings (SSSR count). The van der Waals surface area contributed by atoms with Crippen molar-refractivity contribution < 1.29 is 20.1 Å². The summed E-state index contributed by atoms with van der Waals surface area (Å²) in [5, 5.41) is 31.1. The maximum atomic E-state index is 11.6. The number of fused-ring (bicyclic) bond motifs is 6. The number of hydrogen-bond acceptors (Lipinski definition) is 5. The molecule has 0 bridgehead atoms. The van der Waals surface area contributed by atoms with Crippen molar-refractivity contribution in [2.75, 3.05) is 0 Å². The molecule has 1 aliphatic heterocycles. The number of rotatable bonds is 4. The summed E-state index contributed by atoms with van der Waals surface area (Å²) in [4.78, 5) is 11.1. The lowest BCUT2D eigenvalue weighted by molar-refractivity contribution is -0.187. The molecule has 10 unspecified atom stereocenters. The highest BCUT2D eigenvalue weighted by molar-refractivity contribution is 5.66. The number of aliphatic hydroxyl groups excluding tert-OH is 2. The van der Waals surface area contributed by atoms with Gasteiger partial charge in [0.05, 0.1) is 17.9 Å². The molecule has 4 saturated carbocycles. The Morgan fingerprint density at radius 2 is 1.83 bits per heavy atom. The Kier molecular flexibility index (Phi) is 4.87. The first-order chi connectivity index (χ1) is 14.1. The van der Waals surface area contributed by atoms with Crippen LogP contribution in [0.5, 0.6) is 0 Å². The molecular weight excluding hydrogens is 380 g/mol. The second kappa shape index (κ2) is 6.90. The lowest BCUT2D eigenvalue weighted by Crippen LogP contribution is -2.64. The molecule has 10 atom stereocenters. The van der Waals surface area contributed by atoms with Gasteiger partial charge in [0.25, 0.3) is 0 Å². The van der Waals surface area contributed by atoms with E-state index in [2.05, 4.69) is 31.6 Å². The van der Waals surface area contributed by atoms with Crippen molar-refractivity contribution in [3.63, 3.8) is 0 Å². The number of hydrazine groups is 1. The minimum absolute atomic E-state index is 0.0306. The van der Waals surface area contributed by atoms with Gasteiger partial charge in [0.15, 0.2) is 0 Å². The van der Waals surface area contributed by atoms with Crippen molar-refractivity contribution in [3.8, 4) is 0 Å². The van der Waals surface area contributed by atoms with Crippen molar-refractivity contribution in [3.05, 3.63) is 0 Å². The van der Waals surface area contributed by atoms with E-state index in [1.807, 2.05) is 0 Å². The maximum Gasteiger partial charge on any atom is 0.303 e. The second-order valence-corrected chi connectivity index (χ2v) is 12.0.